The van der Waals surface area contributed by atoms with Gasteiger partial charge in [0.2, 0.25) is 0 Å². The van der Waals surface area contributed by atoms with E-state index in [4.69, 9.17) is 0 Å². The molecule has 3 rings (SSSR count). The van der Waals surface area contributed by atoms with Gasteiger partial charge in [0.1, 0.15) is 0 Å². The van der Waals surface area contributed by atoms with Crippen LogP contribution in [0.4, 0.5) is 0 Å². The molecule has 16 heavy (non-hydrogen) atoms. The number of hydrogen-bond donors (Lipinski definition) is 1. The van der Waals surface area contributed by atoms with Gasteiger partial charge in [0.15, 0.2) is 0 Å². The fourth-order valence-corrected chi connectivity index (χ4v) is 2.56. The molecule has 0 spiro atoms. The van der Waals surface area contributed by atoms with E-state index in [2.05, 4.69) is 10.3 Å². The van der Waals surface area contributed by atoms with Gasteiger partial charge < -0.3 is 10.2 Å². The maximum absolute atomic E-state index is 12.2. The minimum absolute atomic E-state index is 0.150. The van der Waals surface area contributed by atoms with Crippen LogP contribution in [-0.4, -0.2) is 34.9 Å². The van der Waals surface area contributed by atoms with Gasteiger partial charge in [-0.2, -0.15) is 0 Å². The number of carbonyl (C=O) groups is 1. The van der Waals surface area contributed by atoms with E-state index in [0.29, 0.717) is 6.04 Å². The van der Waals surface area contributed by atoms with Crippen molar-refractivity contribution in [2.24, 2.45) is 0 Å². The van der Waals surface area contributed by atoms with Gasteiger partial charge in [0.25, 0.3) is 5.91 Å². The molecule has 1 amide bonds. The van der Waals surface area contributed by atoms with Crippen molar-refractivity contribution in [3.8, 4) is 0 Å². The van der Waals surface area contributed by atoms with E-state index in [1.165, 1.54) is 0 Å². The molecule has 0 bridgehead atoms. The molecule has 0 aromatic carbocycles. The number of rotatable bonds is 1. The van der Waals surface area contributed by atoms with Crippen molar-refractivity contribution in [1.29, 1.82) is 0 Å². The van der Waals surface area contributed by atoms with Crippen LogP contribution in [-0.2, 0) is 6.54 Å². The highest BCUT2D eigenvalue weighted by Gasteiger charge is 2.33. The lowest BCUT2D eigenvalue weighted by atomic mass is 10.1. The van der Waals surface area contributed by atoms with Gasteiger partial charge in [-0.05, 0) is 31.0 Å². The fourth-order valence-electron chi connectivity index (χ4n) is 2.56. The molecule has 0 aliphatic carbocycles. The van der Waals surface area contributed by atoms with Crippen molar-refractivity contribution in [3.63, 3.8) is 0 Å². The maximum atomic E-state index is 12.2. The summed E-state index contributed by atoms with van der Waals surface area (Å²) >= 11 is 0. The summed E-state index contributed by atoms with van der Waals surface area (Å²) in [6, 6.07) is 2.30. The van der Waals surface area contributed by atoms with E-state index < -0.39 is 0 Å². The molecule has 1 N–H and O–H groups in total. The number of aromatic nitrogens is 1. The zero-order valence-corrected chi connectivity index (χ0v) is 9.15. The van der Waals surface area contributed by atoms with Crippen LogP contribution in [0.5, 0.6) is 0 Å². The summed E-state index contributed by atoms with van der Waals surface area (Å²) in [4.78, 5) is 18.2. The number of nitrogens with zero attached hydrogens (tertiary/aromatic N) is 2. The Hall–Kier alpha value is -1.42. The first-order valence-electron chi connectivity index (χ1n) is 5.81. The lowest BCUT2D eigenvalue weighted by Gasteiger charge is -2.31. The Kier molecular flexibility index (Phi) is 2.36. The van der Waals surface area contributed by atoms with E-state index in [1.807, 2.05) is 11.0 Å². The quantitative estimate of drug-likeness (QED) is 0.756. The highest BCUT2D eigenvalue weighted by molar-refractivity contribution is 5.98. The molecule has 1 fully saturated rings. The van der Waals surface area contributed by atoms with E-state index in [9.17, 15) is 4.79 Å². The van der Waals surface area contributed by atoms with Crippen LogP contribution in [0.1, 0.15) is 28.8 Å². The Morgan fingerprint density at radius 1 is 1.50 bits per heavy atom. The summed E-state index contributed by atoms with van der Waals surface area (Å²) in [5, 5.41) is 3.35. The summed E-state index contributed by atoms with van der Waals surface area (Å²) in [5.74, 6) is 0.150. The minimum Gasteiger partial charge on any atom is -0.330 e. The second-order valence-electron chi connectivity index (χ2n) is 4.47. The molecule has 4 nitrogen and oxygen atoms in total. The highest BCUT2D eigenvalue weighted by atomic mass is 16.2. The lowest BCUT2D eigenvalue weighted by molar-refractivity contribution is 0.0674. The molecular weight excluding hydrogens is 202 g/mol. The smallest absolute Gasteiger partial charge is 0.256 e. The van der Waals surface area contributed by atoms with Gasteiger partial charge in [0, 0.05) is 31.5 Å². The summed E-state index contributed by atoms with van der Waals surface area (Å²) in [6.07, 6.45) is 5.71. The van der Waals surface area contributed by atoms with Gasteiger partial charge >= 0.3 is 0 Å². The molecule has 2 aliphatic rings. The lowest BCUT2D eigenvalue weighted by Crippen LogP contribution is -2.46. The highest BCUT2D eigenvalue weighted by Crippen LogP contribution is 2.25. The SMILES string of the molecule is O=C1c2cnccc2CN1[C@H]1CCCNC1. The first-order valence-corrected chi connectivity index (χ1v) is 5.81. The number of piperidine rings is 1. The van der Waals surface area contributed by atoms with E-state index in [0.717, 1.165) is 43.6 Å². The zero-order chi connectivity index (χ0) is 11.0. The average Bonchev–Trinajstić information content (AvgIpc) is 2.69. The second kappa shape index (κ2) is 3.87. The minimum atomic E-state index is 0.150. The Labute approximate surface area is 94.7 Å². The van der Waals surface area contributed by atoms with Gasteiger partial charge in [-0.15, -0.1) is 0 Å². The van der Waals surface area contributed by atoms with Gasteiger partial charge in [-0.1, -0.05) is 0 Å². The summed E-state index contributed by atoms with van der Waals surface area (Å²) < 4.78 is 0. The van der Waals surface area contributed by atoms with Crippen LogP contribution in [0.15, 0.2) is 18.5 Å². The number of fused-ring (bicyclic) bond motifs is 1. The third kappa shape index (κ3) is 1.50. The first-order chi connectivity index (χ1) is 7.86. The van der Waals surface area contributed by atoms with Crippen molar-refractivity contribution < 1.29 is 4.79 Å². The summed E-state index contributed by atoms with van der Waals surface area (Å²) in [5.41, 5.74) is 1.90. The zero-order valence-electron chi connectivity index (χ0n) is 9.15. The predicted molar refractivity (Wildman–Crippen MR) is 60.0 cm³/mol. The fraction of sp³-hybridized carbons (Fsp3) is 0.500. The largest absolute Gasteiger partial charge is 0.330 e. The standard InChI is InChI=1S/C12H15N3O/c16-12-11-7-14-5-3-9(11)8-15(12)10-2-1-4-13-6-10/h3,5,7,10,13H,1-2,4,6,8H2/t10-/m0/s1. The Balaban J connectivity index is 1.83. The van der Waals surface area contributed by atoms with Crippen LogP contribution in [0, 0.1) is 0 Å². The predicted octanol–water partition coefficient (Wildman–Crippen LogP) is 0.789. The third-order valence-corrected chi connectivity index (χ3v) is 3.45. The van der Waals surface area contributed by atoms with Gasteiger partial charge in [0.05, 0.1) is 5.56 Å². The molecule has 3 heterocycles. The van der Waals surface area contributed by atoms with E-state index in [1.54, 1.807) is 12.4 Å². The van der Waals surface area contributed by atoms with Crippen molar-refractivity contribution in [1.82, 2.24) is 15.2 Å². The molecular formula is C12H15N3O. The Morgan fingerprint density at radius 2 is 2.44 bits per heavy atom. The van der Waals surface area contributed by atoms with Crippen molar-refractivity contribution >= 4 is 5.91 Å². The Bertz CT molecular complexity index is 412. The molecule has 0 saturated carbocycles. The molecule has 1 atom stereocenters. The van der Waals surface area contributed by atoms with Gasteiger partial charge in [-0.25, -0.2) is 0 Å². The maximum Gasteiger partial charge on any atom is 0.256 e. The number of amides is 1. The first kappa shape index (κ1) is 9.78. The molecule has 1 aromatic heterocycles. The van der Waals surface area contributed by atoms with Crippen LogP contribution < -0.4 is 5.32 Å². The average molecular weight is 217 g/mol. The molecule has 1 saturated heterocycles. The number of pyridine rings is 1. The monoisotopic (exact) mass is 217 g/mol. The van der Waals surface area contributed by atoms with Crippen molar-refractivity contribution in [3.05, 3.63) is 29.6 Å². The van der Waals surface area contributed by atoms with Crippen molar-refractivity contribution in [2.45, 2.75) is 25.4 Å². The van der Waals surface area contributed by atoms with Crippen molar-refractivity contribution in [2.75, 3.05) is 13.1 Å². The molecule has 84 valence electrons. The van der Waals surface area contributed by atoms with Crippen LogP contribution in [0.2, 0.25) is 0 Å². The van der Waals surface area contributed by atoms with Crippen LogP contribution >= 0.6 is 0 Å². The molecule has 4 heteroatoms. The van der Waals surface area contributed by atoms with Crippen LogP contribution in [0.25, 0.3) is 0 Å². The number of hydrogen-bond acceptors (Lipinski definition) is 3. The number of nitrogens with one attached hydrogen (secondary N) is 1. The second-order valence-corrected chi connectivity index (χ2v) is 4.47. The van der Waals surface area contributed by atoms with E-state index >= 15 is 0 Å². The molecule has 1 aromatic rings. The number of carbonyl (C=O) groups excluding carboxylic acids is 1. The normalized spacial score (nSPS) is 24.6. The molecule has 2 aliphatic heterocycles. The topological polar surface area (TPSA) is 45.2 Å². The van der Waals surface area contributed by atoms with Gasteiger partial charge in [-0.3, -0.25) is 9.78 Å². The van der Waals surface area contributed by atoms with E-state index in [-0.39, 0.29) is 5.91 Å². The Morgan fingerprint density at radius 3 is 3.19 bits per heavy atom. The van der Waals surface area contributed by atoms with Crippen LogP contribution in [0.3, 0.4) is 0 Å². The molecule has 0 radical (unpaired) electrons. The summed E-state index contributed by atoms with van der Waals surface area (Å²) in [7, 11) is 0. The molecule has 0 unspecified atom stereocenters. The summed E-state index contributed by atoms with van der Waals surface area (Å²) in [6.45, 7) is 2.75. The third-order valence-electron chi connectivity index (χ3n) is 3.45.